The number of amides is 2. The summed E-state index contributed by atoms with van der Waals surface area (Å²) in [6.45, 7) is 3.03. The maximum Gasteiger partial charge on any atom is 0.260 e. The molecule has 1 aliphatic heterocycles. The van der Waals surface area contributed by atoms with Crippen molar-refractivity contribution in [2.75, 3.05) is 46.4 Å². The summed E-state index contributed by atoms with van der Waals surface area (Å²) >= 11 is 0. The maximum absolute atomic E-state index is 12.5. The van der Waals surface area contributed by atoms with Crippen LogP contribution in [0.15, 0.2) is 54.6 Å². The number of benzene rings is 2. The number of carbonyl (C=O) groups is 2. The molecule has 0 atom stereocenters. The second-order valence-corrected chi connectivity index (χ2v) is 6.89. The van der Waals surface area contributed by atoms with Gasteiger partial charge in [0.15, 0.2) is 6.61 Å². The van der Waals surface area contributed by atoms with Gasteiger partial charge in [0, 0.05) is 39.6 Å². The molecule has 2 aromatic carbocycles. The molecule has 0 aromatic heterocycles. The second kappa shape index (κ2) is 9.90. The topological polar surface area (TPSA) is 61.9 Å². The van der Waals surface area contributed by atoms with Gasteiger partial charge in [-0.25, -0.2) is 0 Å². The molecule has 148 valence electrons. The normalized spacial score (nSPS) is 14.5. The van der Waals surface area contributed by atoms with Crippen molar-refractivity contribution < 1.29 is 14.3 Å². The van der Waals surface area contributed by atoms with Crippen LogP contribution in [0.3, 0.4) is 0 Å². The van der Waals surface area contributed by atoms with E-state index in [4.69, 9.17) is 4.74 Å². The Morgan fingerprint density at radius 3 is 2.36 bits per heavy atom. The van der Waals surface area contributed by atoms with Gasteiger partial charge < -0.3 is 15.0 Å². The molecule has 1 aliphatic rings. The Kier molecular flexibility index (Phi) is 7.03. The van der Waals surface area contributed by atoms with E-state index >= 15 is 0 Å². The van der Waals surface area contributed by atoms with Gasteiger partial charge in [0.2, 0.25) is 5.91 Å². The number of para-hydroxylation sites is 1. The molecule has 2 amide bonds. The van der Waals surface area contributed by atoms with Gasteiger partial charge in [-0.15, -0.1) is 0 Å². The second-order valence-electron chi connectivity index (χ2n) is 6.89. The standard InChI is InChI=1S/C22H27N3O3/c1-23-21(26)16-24-11-13-25(14-12-24)22(27)17-28-20-10-6-5-9-19(20)15-18-7-3-2-4-8-18/h2-10H,11-17H2,1H3,(H,23,26). The predicted octanol–water partition coefficient (Wildman–Crippen LogP) is 1.55. The van der Waals surface area contributed by atoms with Gasteiger partial charge >= 0.3 is 0 Å². The summed E-state index contributed by atoms with van der Waals surface area (Å²) < 4.78 is 5.86. The largest absolute Gasteiger partial charge is 0.483 e. The monoisotopic (exact) mass is 381 g/mol. The van der Waals surface area contributed by atoms with Crippen LogP contribution in [0.5, 0.6) is 5.75 Å². The van der Waals surface area contributed by atoms with Crippen molar-refractivity contribution in [2.45, 2.75) is 6.42 Å². The van der Waals surface area contributed by atoms with Crippen LogP contribution in [0, 0.1) is 0 Å². The fraction of sp³-hybridized carbons (Fsp3) is 0.364. The third-order valence-corrected chi connectivity index (χ3v) is 4.93. The van der Waals surface area contributed by atoms with E-state index in [0.29, 0.717) is 32.7 Å². The fourth-order valence-electron chi connectivity index (χ4n) is 3.27. The number of hydrogen-bond acceptors (Lipinski definition) is 4. The molecular weight excluding hydrogens is 354 g/mol. The molecule has 28 heavy (non-hydrogen) atoms. The summed E-state index contributed by atoms with van der Waals surface area (Å²) in [6.07, 6.45) is 0.767. The minimum absolute atomic E-state index is 0.00173. The van der Waals surface area contributed by atoms with Gasteiger partial charge in [0.1, 0.15) is 5.75 Å². The highest BCUT2D eigenvalue weighted by molar-refractivity contribution is 5.78. The van der Waals surface area contributed by atoms with E-state index in [1.165, 1.54) is 5.56 Å². The van der Waals surface area contributed by atoms with Crippen molar-refractivity contribution in [3.63, 3.8) is 0 Å². The number of hydrogen-bond donors (Lipinski definition) is 1. The van der Waals surface area contributed by atoms with E-state index < -0.39 is 0 Å². The van der Waals surface area contributed by atoms with Gasteiger partial charge in [-0.2, -0.15) is 0 Å². The van der Waals surface area contributed by atoms with E-state index in [0.717, 1.165) is 17.7 Å². The summed E-state index contributed by atoms with van der Waals surface area (Å²) in [5.74, 6) is 0.727. The number of likely N-dealkylation sites (N-methyl/N-ethyl adjacent to an activating group) is 1. The summed E-state index contributed by atoms with van der Waals surface area (Å²) in [6, 6.07) is 18.1. The summed E-state index contributed by atoms with van der Waals surface area (Å²) in [4.78, 5) is 27.9. The molecule has 6 heteroatoms. The number of rotatable bonds is 7. The summed E-state index contributed by atoms with van der Waals surface area (Å²) in [5.41, 5.74) is 2.27. The first-order valence-electron chi connectivity index (χ1n) is 9.61. The molecule has 1 saturated heterocycles. The molecule has 2 aromatic rings. The van der Waals surface area contributed by atoms with Crippen LogP contribution in [0.25, 0.3) is 0 Å². The number of nitrogens with one attached hydrogen (secondary N) is 1. The van der Waals surface area contributed by atoms with Crippen molar-refractivity contribution in [1.29, 1.82) is 0 Å². The molecular formula is C22H27N3O3. The third-order valence-electron chi connectivity index (χ3n) is 4.93. The molecule has 1 N–H and O–H groups in total. The van der Waals surface area contributed by atoms with Crippen molar-refractivity contribution in [1.82, 2.24) is 15.1 Å². The number of piperazine rings is 1. The number of nitrogens with zero attached hydrogens (tertiary/aromatic N) is 2. The Morgan fingerprint density at radius 2 is 1.64 bits per heavy atom. The Balaban J connectivity index is 1.51. The molecule has 1 fully saturated rings. The fourth-order valence-corrected chi connectivity index (χ4v) is 3.27. The quantitative estimate of drug-likeness (QED) is 0.791. The van der Waals surface area contributed by atoms with Gasteiger partial charge in [0.25, 0.3) is 5.91 Å². The molecule has 0 unspecified atom stereocenters. The number of carbonyl (C=O) groups excluding carboxylic acids is 2. The first kappa shape index (κ1) is 19.9. The van der Waals surface area contributed by atoms with E-state index in [1.807, 2.05) is 42.5 Å². The Hall–Kier alpha value is -2.86. The highest BCUT2D eigenvalue weighted by Gasteiger charge is 2.22. The van der Waals surface area contributed by atoms with E-state index in [9.17, 15) is 9.59 Å². The number of ether oxygens (including phenoxy) is 1. The van der Waals surface area contributed by atoms with Crippen molar-refractivity contribution in [2.24, 2.45) is 0 Å². The van der Waals surface area contributed by atoms with Crippen LogP contribution in [-0.2, 0) is 16.0 Å². The highest BCUT2D eigenvalue weighted by atomic mass is 16.5. The van der Waals surface area contributed by atoms with Crippen LogP contribution in [0.2, 0.25) is 0 Å². The first-order valence-corrected chi connectivity index (χ1v) is 9.61. The van der Waals surface area contributed by atoms with Crippen LogP contribution >= 0.6 is 0 Å². The Morgan fingerprint density at radius 1 is 0.964 bits per heavy atom. The lowest BCUT2D eigenvalue weighted by Gasteiger charge is -2.34. The molecule has 0 saturated carbocycles. The van der Waals surface area contributed by atoms with Crippen LogP contribution in [0.4, 0.5) is 0 Å². The average molecular weight is 381 g/mol. The van der Waals surface area contributed by atoms with E-state index in [1.54, 1.807) is 11.9 Å². The molecule has 3 rings (SSSR count). The predicted molar refractivity (Wildman–Crippen MR) is 108 cm³/mol. The summed E-state index contributed by atoms with van der Waals surface area (Å²) in [7, 11) is 1.63. The maximum atomic E-state index is 12.5. The molecule has 0 radical (unpaired) electrons. The van der Waals surface area contributed by atoms with E-state index in [-0.39, 0.29) is 18.4 Å². The third kappa shape index (κ3) is 5.57. The van der Waals surface area contributed by atoms with E-state index in [2.05, 4.69) is 22.3 Å². The van der Waals surface area contributed by atoms with Gasteiger partial charge in [-0.3, -0.25) is 14.5 Å². The van der Waals surface area contributed by atoms with Crippen LogP contribution < -0.4 is 10.1 Å². The molecule has 0 aliphatic carbocycles. The molecule has 6 nitrogen and oxygen atoms in total. The summed E-state index contributed by atoms with van der Waals surface area (Å²) in [5, 5.41) is 2.63. The first-order chi connectivity index (χ1) is 13.7. The van der Waals surface area contributed by atoms with Crippen LogP contribution in [0.1, 0.15) is 11.1 Å². The zero-order valence-corrected chi connectivity index (χ0v) is 16.3. The van der Waals surface area contributed by atoms with Crippen molar-refractivity contribution >= 4 is 11.8 Å². The lowest BCUT2D eigenvalue weighted by molar-refractivity contribution is -0.135. The lowest BCUT2D eigenvalue weighted by Crippen LogP contribution is -2.51. The highest BCUT2D eigenvalue weighted by Crippen LogP contribution is 2.21. The minimum atomic E-state index is -0.0193. The molecule has 0 spiro atoms. The van der Waals surface area contributed by atoms with Crippen LogP contribution in [-0.4, -0.2) is 68.0 Å². The van der Waals surface area contributed by atoms with Crippen molar-refractivity contribution in [3.05, 3.63) is 65.7 Å². The zero-order chi connectivity index (χ0) is 19.8. The van der Waals surface area contributed by atoms with Gasteiger partial charge in [-0.1, -0.05) is 48.5 Å². The molecule has 0 bridgehead atoms. The van der Waals surface area contributed by atoms with Gasteiger partial charge in [0.05, 0.1) is 6.54 Å². The zero-order valence-electron chi connectivity index (χ0n) is 16.3. The minimum Gasteiger partial charge on any atom is -0.483 e. The SMILES string of the molecule is CNC(=O)CN1CCN(C(=O)COc2ccccc2Cc2ccccc2)CC1. The molecule has 1 heterocycles. The van der Waals surface area contributed by atoms with Crippen molar-refractivity contribution in [3.8, 4) is 5.75 Å². The lowest BCUT2D eigenvalue weighted by atomic mass is 10.0. The Bertz CT molecular complexity index is 787. The van der Waals surface area contributed by atoms with Gasteiger partial charge in [-0.05, 0) is 17.2 Å². The Labute approximate surface area is 166 Å². The average Bonchev–Trinajstić information content (AvgIpc) is 2.74. The smallest absolute Gasteiger partial charge is 0.260 e.